The molecule has 0 aliphatic heterocycles. The molecule has 0 fully saturated rings. The fourth-order valence-electron chi connectivity index (χ4n) is 11.9. The minimum atomic E-state index is 1.20. The lowest BCUT2D eigenvalue weighted by molar-refractivity contribution is 1.62. The van der Waals surface area contributed by atoms with Crippen LogP contribution < -0.4 is 0 Å². The van der Waals surface area contributed by atoms with Crippen LogP contribution in [-0.4, -0.2) is 0 Å². The minimum Gasteiger partial charge on any atom is -0.0622 e. The van der Waals surface area contributed by atoms with Gasteiger partial charge in [0.05, 0.1) is 0 Å². The van der Waals surface area contributed by atoms with Crippen molar-refractivity contribution >= 4 is 64.6 Å². The third-order valence-corrected chi connectivity index (χ3v) is 15.1. The molecule has 0 atom stereocenters. The maximum atomic E-state index is 2.45. The van der Waals surface area contributed by atoms with Crippen LogP contribution in [0.2, 0.25) is 0 Å². The quantitative estimate of drug-likeness (QED) is 0.140. The van der Waals surface area contributed by atoms with Gasteiger partial charge in [0.15, 0.2) is 0 Å². The van der Waals surface area contributed by atoms with E-state index in [2.05, 4.69) is 279 Å². The maximum Gasteiger partial charge on any atom is -0.00139 e. The van der Waals surface area contributed by atoms with Crippen LogP contribution in [0.15, 0.2) is 279 Å². The van der Waals surface area contributed by atoms with Crippen LogP contribution in [-0.2, 0) is 0 Å². The second kappa shape index (κ2) is 17.2. The second-order valence-corrected chi connectivity index (χ2v) is 19.0. The Balaban J connectivity index is 1.03. The average Bonchev–Trinajstić information content (AvgIpc) is 3.46. The van der Waals surface area contributed by atoms with Crippen molar-refractivity contribution < 1.29 is 0 Å². The first-order valence-corrected chi connectivity index (χ1v) is 25.0. The molecule has 72 heavy (non-hydrogen) atoms. The fraction of sp³-hybridized carbons (Fsp3) is 0. The van der Waals surface area contributed by atoms with Gasteiger partial charge in [0.2, 0.25) is 0 Å². The molecular formula is C72H46. The lowest BCUT2D eigenvalue weighted by Gasteiger charge is -2.23. The molecule has 334 valence electrons. The minimum absolute atomic E-state index is 1.20. The van der Waals surface area contributed by atoms with E-state index >= 15 is 0 Å². The predicted octanol–water partition coefficient (Wildman–Crippen LogP) is 20.3. The average molecular weight is 911 g/mol. The van der Waals surface area contributed by atoms with Gasteiger partial charge in [0.25, 0.3) is 0 Å². The van der Waals surface area contributed by atoms with Crippen molar-refractivity contribution in [3.8, 4) is 77.9 Å². The highest BCUT2D eigenvalue weighted by molar-refractivity contribution is 6.30. The Labute approximate surface area is 419 Å². The Morgan fingerprint density at radius 2 is 0.347 bits per heavy atom. The fourth-order valence-corrected chi connectivity index (χ4v) is 11.9. The largest absolute Gasteiger partial charge is 0.0622 e. The van der Waals surface area contributed by atoms with E-state index in [4.69, 9.17) is 0 Å². The Kier molecular flexibility index (Phi) is 9.96. The van der Waals surface area contributed by atoms with Crippen LogP contribution in [0.3, 0.4) is 0 Å². The molecule has 0 aromatic heterocycles. The van der Waals surface area contributed by atoms with Crippen molar-refractivity contribution in [2.45, 2.75) is 0 Å². The van der Waals surface area contributed by atoms with Gasteiger partial charge in [-0.1, -0.05) is 267 Å². The molecular weight excluding hydrogens is 865 g/mol. The molecule has 0 heterocycles. The lowest BCUT2D eigenvalue weighted by Crippen LogP contribution is -1.95. The van der Waals surface area contributed by atoms with E-state index in [9.17, 15) is 0 Å². The maximum absolute atomic E-state index is 2.45. The van der Waals surface area contributed by atoms with Crippen molar-refractivity contribution in [3.05, 3.63) is 279 Å². The molecule has 0 nitrogen and oxygen atoms in total. The van der Waals surface area contributed by atoms with Crippen molar-refractivity contribution in [1.82, 2.24) is 0 Å². The van der Waals surface area contributed by atoms with Crippen molar-refractivity contribution in [1.29, 1.82) is 0 Å². The highest BCUT2D eigenvalue weighted by Crippen LogP contribution is 2.51. The van der Waals surface area contributed by atoms with E-state index < -0.39 is 0 Å². The Hall–Kier alpha value is -9.36. The molecule has 0 saturated heterocycles. The molecule has 14 aromatic rings. The van der Waals surface area contributed by atoms with Crippen molar-refractivity contribution in [2.24, 2.45) is 0 Å². The van der Waals surface area contributed by atoms with Crippen LogP contribution in [0.1, 0.15) is 0 Å². The van der Waals surface area contributed by atoms with Crippen LogP contribution in [0, 0.1) is 0 Å². The molecule has 0 spiro atoms. The highest BCUT2D eigenvalue weighted by atomic mass is 14.3. The standard InChI is InChI=1S/C72H46/c1-5-21-47(22-6-1)53-41-43-55(49-25-9-3-10-26-49)67-45-51(37-39-57(53)67)69-59-29-13-17-33-63(59)71(64-34-18-14-30-60(64)69)72-65-35-19-15-31-61(65)70(62-32-16-20-36-66(62)72)52-38-40-58-54(48-23-7-2-8-24-48)42-44-56(68(58)46-52)50-27-11-4-12-28-50/h1-46H. The molecule has 0 unspecified atom stereocenters. The first kappa shape index (κ1) is 41.6. The van der Waals surface area contributed by atoms with E-state index in [1.165, 1.54) is 143 Å². The Bertz CT molecular complexity index is 4000. The number of benzene rings is 14. The zero-order chi connectivity index (χ0) is 47.5. The molecule has 0 heteroatoms. The van der Waals surface area contributed by atoms with Crippen LogP contribution in [0.4, 0.5) is 0 Å². The summed E-state index contributed by atoms with van der Waals surface area (Å²) in [4.78, 5) is 0. The molecule has 0 N–H and O–H groups in total. The van der Waals surface area contributed by atoms with Gasteiger partial charge in [-0.15, -0.1) is 0 Å². The molecule has 0 aliphatic carbocycles. The normalized spacial score (nSPS) is 11.6. The number of fused-ring (bicyclic) bond motifs is 6. The molecule has 0 aliphatic rings. The number of hydrogen-bond acceptors (Lipinski definition) is 0. The van der Waals surface area contributed by atoms with E-state index in [-0.39, 0.29) is 0 Å². The van der Waals surface area contributed by atoms with Gasteiger partial charge in [0.1, 0.15) is 0 Å². The summed E-state index contributed by atoms with van der Waals surface area (Å²) in [5.74, 6) is 0. The summed E-state index contributed by atoms with van der Waals surface area (Å²) in [5.41, 5.74) is 17.2. The first-order chi connectivity index (χ1) is 35.8. The summed E-state index contributed by atoms with van der Waals surface area (Å²) in [6.07, 6.45) is 0. The molecule has 0 saturated carbocycles. The van der Waals surface area contributed by atoms with Gasteiger partial charge >= 0.3 is 0 Å². The Morgan fingerprint density at radius 3 is 0.611 bits per heavy atom. The smallest absolute Gasteiger partial charge is 0.00139 e. The highest BCUT2D eigenvalue weighted by Gasteiger charge is 2.24. The molecule has 0 amide bonds. The summed E-state index contributed by atoms with van der Waals surface area (Å²) in [7, 11) is 0. The number of hydrogen-bond donors (Lipinski definition) is 0. The van der Waals surface area contributed by atoms with Crippen LogP contribution in [0.25, 0.3) is 143 Å². The topological polar surface area (TPSA) is 0 Å². The van der Waals surface area contributed by atoms with Gasteiger partial charge in [-0.2, -0.15) is 0 Å². The summed E-state index contributed by atoms with van der Waals surface area (Å²) in [6, 6.07) is 103. The number of rotatable bonds is 7. The third-order valence-electron chi connectivity index (χ3n) is 15.1. The predicted molar refractivity (Wildman–Crippen MR) is 310 cm³/mol. The van der Waals surface area contributed by atoms with Gasteiger partial charge < -0.3 is 0 Å². The second-order valence-electron chi connectivity index (χ2n) is 19.0. The monoisotopic (exact) mass is 910 g/mol. The molecule has 14 aromatic carbocycles. The van der Waals surface area contributed by atoms with Gasteiger partial charge in [0, 0.05) is 0 Å². The summed E-state index contributed by atoms with van der Waals surface area (Å²) in [5, 5.41) is 14.9. The first-order valence-electron chi connectivity index (χ1n) is 25.0. The SMILES string of the molecule is c1ccc(-c2ccc(-c3ccccc3)c3cc(-c4c5ccccc5c(-c5c6ccccc6c(-c6ccc7c(-c8ccccc8)ccc(-c8ccccc8)c7c6)c6ccccc56)c5ccccc45)ccc23)cc1. The lowest BCUT2D eigenvalue weighted by atomic mass is 9.80. The van der Waals surface area contributed by atoms with Gasteiger partial charge in [-0.25, -0.2) is 0 Å². The molecule has 0 radical (unpaired) electrons. The summed E-state index contributed by atoms with van der Waals surface area (Å²) in [6.45, 7) is 0. The molecule has 0 bridgehead atoms. The van der Waals surface area contributed by atoms with Crippen molar-refractivity contribution in [2.75, 3.05) is 0 Å². The Morgan fingerprint density at radius 1 is 0.125 bits per heavy atom. The van der Waals surface area contributed by atoms with Gasteiger partial charge in [-0.05, 0) is 155 Å². The van der Waals surface area contributed by atoms with E-state index in [1.807, 2.05) is 0 Å². The zero-order valence-corrected chi connectivity index (χ0v) is 39.6. The van der Waals surface area contributed by atoms with Gasteiger partial charge in [-0.3, -0.25) is 0 Å². The summed E-state index contributed by atoms with van der Waals surface area (Å²) < 4.78 is 0. The van der Waals surface area contributed by atoms with E-state index in [0.29, 0.717) is 0 Å². The zero-order valence-electron chi connectivity index (χ0n) is 39.6. The van der Waals surface area contributed by atoms with E-state index in [1.54, 1.807) is 0 Å². The van der Waals surface area contributed by atoms with Crippen LogP contribution in [0.5, 0.6) is 0 Å². The van der Waals surface area contributed by atoms with Crippen LogP contribution >= 0.6 is 0 Å². The van der Waals surface area contributed by atoms with Crippen molar-refractivity contribution in [3.63, 3.8) is 0 Å². The third kappa shape index (κ3) is 6.76. The summed E-state index contributed by atoms with van der Waals surface area (Å²) >= 11 is 0. The van der Waals surface area contributed by atoms with E-state index in [0.717, 1.165) is 0 Å². The molecule has 14 rings (SSSR count).